The fourth-order valence-corrected chi connectivity index (χ4v) is 4.29. The fourth-order valence-electron chi connectivity index (χ4n) is 4.29. The van der Waals surface area contributed by atoms with Gasteiger partial charge in [-0.2, -0.15) is 0 Å². The first kappa shape index (κ1) is 19.4. The molecule has 0 saturated heterocycles. The van der Waals surface area contributed by atoms with Crippen LogP contribution in [-0.4, -0.2) is 22.8 Å². The van der Waals surface area contributed by atoms with E-state index in [4.69, 9.17) is 10.1 Å². The Hall–Kier alpha value is -2.88. The van der Waals surface area contributed by atoms with E-state index in [2.05, 4.69) is 46.9 Å². The Kier molecular flexibility index (Phi) is 5.79. The van der Waals surface area contributed by atoms with E-state index in [-0.39, 0.29) is 0 Å². The number of imidazole rings is 1. The first-order valence-corrected chi connectivity index (χ1v) is 10.6. The van der Waals surface area contributed by atoms with Crippen molar-refractivity contribution in [3.63, 3.8) is 0 Å². The van der Waals surface area contributed by atoms with E-state index in [1.54, 1.807) is 13.2 Å². The van der Waals surface area contributed by atoms with Gasteiger partial charge in [-0.15, -0.1) is 0 Å². The van der Waals surface area contributed by atoms with Crippen molar-refractivity contribution in [2.75, 3.05) is 7.11 Å². The van der Waals surface area contributed by atoms with Gasteiger partial charge in [0.15, 0.2) is 0 Å². The highest BCUT2D eigenvalue weighted by Crippen LogP contribution is 2.32. The zero-order valence-electron chi connectivity index (χ0n) is 17.1. The van der Waals surface area contributed by atoms with Gasteiger partial charge in [-0.05, 0) is 48.5 Å². The van der Waals surface area contributed by atoms with E-state index in [9.17, 15) is 0 Å². The molecule has 1 aromatic heterocycles. The summed E-state index contributed by atoms with van der Waals surface area (Å²) in [5.41, 5.74) is 3.58. The van der Waals surface area contributed by atoms with Gasteiger partial charge in [-0.1, -0.05) is 56.2 Å². The second-order valence-corrected chi connectivity index (χ2v) is 7.95. The Morgan fingerprint density at radius 3 is 2.66 bits per heavy atom. The van der Waals surface area contributed by atoms with Crippen LogP contribution in [0.1, 0.15) is 67.8 Å². The summed E-state index contributed by atoms with van der Waals surface area (Å²) in [5.74, 6) is 2.32. The van der Waals surface area contributed by atoms with Crippen LogP contribution in [0.2, 0.25) is 0 Å². The molecule has 0 amide bonds. The largest absolute Gasteiger partial charge is 0.499 e. The highest BCUT2D eigenvalue weighted by Gasteiger charge is 2.15. The van der Waals surface area contributed by atoms with Gasteiger partial charge < -0.3 is 15.1 Å². The third-order valence-electron chi connectivity index (χ3n) is 6.02. The van der Waals surface area contributed by atoms with E-state index in [0.29, 0.717) is 11.6 Å². The number of H-pyrrole nitrogens is 1. The lowest BCUT2D eigenvalue weighted by atomic mass is 9.84. The van der Waals surface area contributed by atoms with Gasteiger partial charge >= 0.3 is 0 Å². The Labute approximate surface area is 172 Å². The number of methoxy groups -OCH3 is 1. The number of hydrogen-bond donors (Lipinski definition) is 2. The number of ether oxygens (including phenoxy) is 1. The van der Waals surface area contributed by atoms with Gasteiger partial charge in [-0.3, -0.25) is 0 Å². The highest BCUT2D eigenvalue weighted by atomic mass is 16.5. The number of hydrogen-bond acceptors (Lipinski definition) is 3. The minimum absolute atomic E-state index is 0.480. The van der Waals surface area contributed by atoms with Crippen LogP contribution in [0.4, 0.5) is 0 Å². The molecule has 2 N–H and O–H groups in total. The Morgan fingerprint density at radius 1 is 1.17 bits per heavy atom. The molecule has 0 spiro atoms. The SMILES string of the molecule is C=C(/C=C\C(=N)c1ccc(C2CCCCC2)cc1)c1nc2c([nH]1)=CCCC=2OC. The standard InChI is InChI=1S/C25H29N3O/c1-17(25-27-22-9-6-10-23(29-2)24(22)28-25)11-16-21(26)20-14-12-19(13-15-20)18-7-4-3-5-8-18/h9,11-16,18,26H,1,3-8,10H2,2H3,(H,27,28)/b16-11-,26-21?. The molecule has 0 unspecified atom stereocenters. The maximum Gasteiger partial charge on any atom is 0.138 e. The predicted molar refractivity (Wildman–Crippen MR) is 119 cm³/mol. The van der Waals surface area contributed by atoms with E-state index < -0.39 is 0 Å². The monoisotopic (exact) mass is 387 g/mol. The molecular formula is C25H29N3O. The number of nitrogens with one attached hydrogen (secondary N) is 2. The molecule has 2 aliphatic carbocycles. The van der Waals surface area contributed by atoms with Crippen LogP contribution in [0.5, 0.6) is 0 Å². The number of rotatable bonds is 6. The number of aromatic nitrogens is 2. The predicted octanol–water partition coefficient (Wildman–Crippen LogP) is 4.42. The van der Waals surface area contributed by atoms with E-state index >= 15 is 0 Å². The van der Waals surface area contributed by atoms with Gasteiger partial charge in [0.1, 0.15) is 16.9 Å². The molecule has 1 fully saturated rings. The topological polar surface area (TPSA) is 61.8 Å². The van der Waals surface area contributed by atoms with Crippen LogP contribution in [0.15, 0.2) is 43.0 Å². The van der Waals surface area contributed by atoms with Gasteiger partial charge in [0.05, 0.1) is 18.2 Å². The molecule has 1 heterocycles. The molecule has 1 aromatic carbocycles. The van der Waals surface area contributed by atoms with Crippen molar-refractivity contribution in [2.45, 2.75) is 50.9 Å². The molecule has 0 aliphatic heterocycles. The second kappa shape index (κ2) is 8.64. The first-order valence-electron chi connectivity index (χ1n) is 10.6. The smallest absolute Gasteiger partial charge is 0.138 e. The van der Waals surface area contributed by atoms with Crippen LogP contribution in [0.3, 0.4) is 0 Å². The molecular weight excluding hydrogens is 358 g/mol. The number of nitrogens with zero attached hydrogens (tertiary/aromatic N) is 1. The molecule has 2 aliphatic rings. The maximum atomic E-state index is 8.40. The number of aromatic amines is 1. The van der Waals surface area contributed by atoms with Crippen molar-refractivity contribution < 1.29 is 4.74 Å². The summed E-state index contributed by atoms with van der Waals surface area (Å²) in [6, 6.07) is 8.53. The quantitative estimate of drug-likeness (QED) is 0.569. The summed E-state index contributed by atoms with van der Waals surface area (Å²) in [6.07, 6.45) is 14.2. The summed E-state index contributed by atoms with van der Waals surface area (Å²) in [7, 11) is 1.69. The van der Waals surface area contributed by atoms with Crippen molar-refractivity contribution in [1.82, 2.24) is 9.97 Å². The van der Waals surface area contributed by atoms with Gasteiger partial charge in [0, 0.05) is 12.0 Å². The minimum atomic E-state index is 0.480. The van der Waals surface area contributed by atoms with Crippen LogP contribution >= 0.6 is 0 Å². The molecule has 4 heteroatoms. The lowest BCUT2D eigenvalue weighted by molar-refractivity contribution is 0.347. The van der Waals surface area contributed by atoms with E-state index in [0.717, 1.165) is 46.3 Å². The molecule has 0 radical (unpaired) electrons. The number of benzene rings is 1. The number of allylic oxidation sites excluding steroid dienone is 3. The zero-order chi connectivity index (χ0) is 20.2. The molecule has 0 bridgehead atoms. The Bertz CT molecular complexity index is 1050. The summed E-state index contributed by atoms with van der Waals surface area (Å²) >= 11 is 0. The molecule has 150 valence electrons. The zero-order valence-corrected chi connectivity index (χ0v) is 17.1. The average molecular weight is 388 g/mol. The van der Waals surface area contributed by atoms with Crippen molar-refractivity contribution in [1.29, 1.82) is 5.41 Å². The molecule has 4 nitrogen and oxygen atoms in total. The van der Waals surface area contributed by atoms with E-state index in [1.165, 1.54) is 37.7 Å². The van der Waals surface area contributed by atoms with Crippen LogP contribution < -0.4 is 10.7 Å². The Balaban J connectivity index is 1.46. The van der Waals surface area contributed by atoms with Gasteiger partial charge in [0.2, 0.25) is 0 Å². The lowest BCUT2D eigenvalue weighted by Crippen LogP contribution is -2.30. The first-order chi connectivity index (χ1) is 14.2. The fraction of sp³-hybridized carbons (Fsp3) is 0.360. The third kappa shape index (κ3) is 4.26. The lowest BCUT2D eigenvalue weighted by Gasteiger charge is -2.22. The summed E-state index contributed by atoms with van der Waals surface area (Å²) in [5, 5.41) is 10.3. The summed E-state index contributed by atoms with van der Waals surface area (Å²) in [6.45, 7) is 4.12. The van der Waals surface area contributed by atoms with Crippen LogP contribution in [0.25, 0.3) is 17.4 Å². The summed E-state index contributed by atoms with van der Waals surface area (Å²) in [4.78, 5) is 7.96. The van der Waals surface area contributed by atoms with Gasteiger partial charge in [0.25, 0.3) is 0 Å². The van der Waals surface area contributed by atoms with Crippen LogP contribution in [0, 0.1) is 5.41 Å². The molecule has 29 heavy (non-hydrogen) atoms. The number of fused-ring (bicyclic) bond motifs is 1. The minimum Gasteiger partial charge on any atom is -0.499 e. The molecule has 0 atom stereocenters. The van der Waals surface area contributed by atoms with Crippen LogP contribution in [-0.2, 0) is 4.74 Å². The van der Waals surface area contributed by atoms with Gasteiger partial charge in [-0.25, -0.2) is 4.98 Å². The average Bonchev–Trinajstić information content (AvgIpc) is 3.22. The highest BCUT2D eigenvalue weighted by molar-refractivity contribution is 6.07. The Morgan fingerprint density at radius 2 is 1.93 bits per heavy atom. The molecule has 4 rings (SSSR count). The molecule has 2 aromatic rings. The van der Waals surface area contributed by atoms with Crippen molar-refractivity contribution in [3.8, 4) is 0 Å². The second-order valence-electron chi connectivity index (χ2n) is 7.95. The van der Waals surface area contributed by atoms with E-state index in [1.807, 2.05) is 6.08 Å². The van der Waals surface area contributed by atoms with Crippen molar-refractivity contribution in [3.05, 3.63) is 70.6 Å². The summed E-state index contributed by atoms with van der Waals surface area (Å²) < 4.78 is 5.45. The molecule has 1 saturated carbocycles. The van der Waals surface area contributed by atoms with Crippen molar-refractivity contribution in [2.24, 2.45) is 0 Å². The normalized spacial score (nSPS) is 17.1. The maximum absolute atomic E-state index is 8.40. The third-order valence-corrected chi connectivity index (χ3v) is 6.02. The van der Waals surface area contributed by atoms with Crippen molar-refractivity contribution >= 4 is 23.1 Å².